The van der Waals surface area contributed by atoms with Crippen molar-refractivity contribution in [2.45, 2.75) is 6.54 Å². The van der Waals surface area contributed by atoms with Crippen molar-refractivity contribution in [3.05, 3.63) is 41.4 Å². The minimum atomic E-state index is -0.354. The highest BCUT2D eigenvalue weighted by Gasteiger charge is 2.19. The molecule has 1 fully saturated rings. The number of hydrogen-bond donors (Lipinski definition) is 1. The zero-order chi connectivity index (χ0) is 15.4. The molecular weight excluding hydrogens is 303 g/mol. The van der Waals surface area contributed by atoms with Crippen molar-refractivity contribution in [2.75, 3.05) is 31.1 Å². The fourth-order valence-corrected chi connectivity index (χ4v) is 2.99. The second-order valence-electron chi connectivity index (χ2n) is 4.90. The van der Waals surface area contributed by atoms with Crippen LogP contribution in [-0.4, -0.2) is 47.0 Å². The summed E-state index contributed by atoms with van der Waals surface area (Å²) in [4.78, 5) is 16.8. The van der Waals surface area contributed by atoms with Crippen LogP contribution in [0.1, 0.15) is 5.69 Å². The molecular formula is C14H17FN6S. The van der Waals surface area contributed by atoms with Crippen LogP contribution in [0, 0.1) is 5.82 Å². The fourth-order valence-electron chi connectivity index (χ4n) is 2.29. The van der Waals surface area contributed by atoms with E-state index in [0.717, 1.165) is 31.3 Å². The van der Waals surface area contributed by atoms with Crippen LogP contribution < -0.4 is 10.6 Å². The van der Waals surface area contributed by atoms with E-state index in [-0.39, 0.29) is 12.4 Å². The quantitative estimate of drug-likeness (QED) is 0.682. The minimum Gasteiger partial charge on any atom is -0.370 e. The summed E-state index contributed by atoms with van der Waals surface area (Å²) in [6, 6.07) is 2.94. The van der Waals surface area contributed by atoms with Gasteiger partial charge in [0.25, 0.3) is 0 Å². The topological polar surface area (TPSA) is 70.6 Å². The van der Waals surface area contributed by atoms with Crippen LogP contribution in [0.15, 0.2) is 34.9 Å². The number of guanidine groups is 1. The summed E-state index contributed by atoms with van der Waals surface area (Å²) in [5, 5.41) is 3.00. The molecule has 0 amide bonds. The number of halogens is 1. The summed E-state index contributed by atoms with van der Waals surface area (Å²) in [5.41, 5.74) is 6.32. The molecule has 0 aromatic carbocycles. The highest BCUT2D eigenvalue weighted by molar-refractivity contribution is 7.13. The van der Waals surface area contributed by atoms with E-state index >= 15 is 0 Å². The Kier molecular flexibility index (Phi) is 4.47. The number of aliphatic imine (C=N–C) groups is 1. The molecule has 6 nitrogen and oxygen atoms in total. The van der Waals surface area contributed by atoms with Crippen LogP contribution in [0.5, 0.6) is 0 Å². The molecule has 3 rings (SSSR count). The SMILES string of the molecule is NC(=NCc1ncccc1F)N1CCN(c2nccs2)CC1. The van der Waals surface area contributed by atoms with Gasteiger partial charge >= 0.3 is 0 Å². The number of hydrogen-bond acceptors (Lipinski definition) is 5. The van der Waals surface area contributed by atoms with E-state index in [1.165, 1.54) is 6.07 Å². The van der Waals surface area contributed by atoms with E-state index in [9.17, 15) is 4.39 Å². The van der Waals surface area contributed by atoms with Crippen molar-refractivity contribution in [1.82, 2.24) is 14.9 Å². The highest BCUT2D eigenvalue weighted by atomic mass is 32.1. The maximum Gasteiger partial charge on any atom is 0.191 e. The normalized spacial score (nSPS) is 16.1. The molecule has 0 atom stereocenters. The van der Waals surface area contributed by atoms with Crippen molar-refractivity contribution >= 4 is 22.4 Å². The molecule has 0 radical (unpaired) electrons. The number of nitrogens with two attached hydrogens (primary N) is 1. The van der Waals surface area contributed by atoms with Crippen molar-refractivity contribution in [1.29, 1.82) is 0 Å². The standard InChI is InChI=1S/C14H17FN6S/c15-11-2-1-3-17-12(11)10-19-13(16)20-5-7-21(8-6-20)14-18-4-9-22-14/h1-4,9H,5-8,10H2,(H2,16,19). The Labute approximate surface area is 132 Å². The van der Waals surface area contributed by atoms with Gasteiger partial charge in [-0.15, -0.1) is 11.3 Å². The van der Waals surface area contributed by atoms with Crippen LogP contribution in [0.3, 0.4) is 0 Å². The van der Waals surface area contributed by atoms with E-state index < -0.39 is 0 Å². The second-order valence-corrected chi connectivity index (χ2v) is 5.77. The molecule has 2 aromatic heterocycles. The Morgan fingerprint density at radius 2 is 2.09 bits per heavy atom. The second kappa shape index (κ2) is 6.69. The number of nitrogens with zero attached hydrogens (tertiary/aromatic N) is 5. The smallest absolute Gasteiger partial charge is 0.191 e. The van der Waals surface area contributed by atoms with Gasteiger partial charge in [0.05, 0.1) is 12.2 Å². The molecule has 1 aliphatic heterocycles. The average molecular weight is 320 g/mol. The lowest BCUT2D eigenvalue weighted by molar-refractivity contribution is 0.380. The summed E-state index contributed by atoms with van der Waals surface area (Å²) in [7, 11) is 0. The van der Waals surface area contributed by atoms with E-state index in [1.807, 2.05) is 16.5 Å². The molecule has 0 spiro atoms. The summed E-state index contributed by atoms with van der Waals surface area (Å²) in [6.07, 6.45) is 3.36. The molecule has 116 valence electrons. The Morgan fingerprint density at radius 1 is 1.27 bits per heavy atom. The first-order valence-electron chi connectivity index (χ1n) is 7.03. The largest absolute Gasteiger partial charge is 0.370 e. The third-order valence-electron chi connectivity index (χ3n) is 3.52. The van der Waals surface area contributed by atoms with E-state index in [2.05, 4.69) is 19.9 Å². The molecule has 1 saturated heterocycles. The van der Waals surface area contributed by atoms with Crippen molar-refractivity contribution < 1.29 is 4.39 Å². The molecule has 0 unspecified atom stereocenters. The van der Waals surface area contributed by atoms with E-state index in [1.54, 1.807) is 23.6 Å². The zero-order valence-electron chi connectivity index (χ0n) is 12.0. The van der Waals surface area contributed by atoms with Gasteiger partial charge in [-0.25, -0.2) is 14.4 Å². The highest BCUT2D eigenvalue weighted by Crippen LogP contribution is 2.18. The predicted molar refractivity (Wildman–Crippen MR) is 85.4 cm³/mol. The van der Waals surface area contributed by atoms with Crippen molar-refractivity contribution in [2.24, 2.45) is 10.7 Å². The maximum atomic E-state index is 13.5. The molecule has 2 N–H and O–H groups in total. The van der Waals surface area contributed by atoms with E-state index in [0.29, 0.717) is 11.7 Å². The third kappa shape index (κ3) is 3.33. The first-order valence-corrected chi connectivity index (χ1v) is 7.90. The van der Waals surface area contributed by atoms with Crippen LogP contribution in [0.25, 0.3) is 0 Å². The maximum absolute atomic E-state index is 13.5. The monoisotopic (exact) mass is 320 g/mol. The van der Waals surface area contributed by atoms with Gasteiger partial charge in [-0.3, -0.25) is 4.98 Å². The average Bonchev–Trinajstić information content (AvgIpc) is 3.08. The Hall–Kier alpha value is -2.22. The summed E-state index contributed by atoms with van der Waals surface area (Å²) in [5.74, 6) is 0.0801. The molecule has 2 aromatic rings. The van der Waals surface area contributed by atoms with Gasteiger partial charge < -0.3 is 15.5 Å². The van der Waals surface area contributed by atoms with Gasteiger partial charge in [-0.1, -0.05) is 0 Å². The Bertz CT molecular complexity index is 637. The first kappa shape index (κ1) is 14.7. The van der Waals surface area contributed by atoms with Gasteiger partial charge in [0.15, 0.2) is 11.1 Å². The number of aromatic nitrogens is 2. The number of thiazole rings is 1. The lowest BCUT2D eigenvalue weighted by Crippen LogP contribution is -2.51. The molecule has 0 bridgehead atoms. The number of piperazine rings is 1. The van der Waals surface area contributed by atoms with Gasteiger partial charge in [0.1, 0.15) is 5.82 Å². The van der Waals surface area contributed by atoms with Crippen LogP contribution >= 0.6 is 11.3 Å². The van der Waals surface area contributed by atoms with Gasteiger partial charge in [0, 0.05) is 44.0 Å². The zero-order valence-corrected chi connectivity index (χ0v) is 12.8. The third-order valence-corrected chi connectivity index (χ3v) is 4.35. The van der Waals surface area contributed by atoms with Crippen LogP contribution in [0.2, 0.25) is 0 Å². The fraction of sp³-hybridized carbons (Fsp3) is 0.357. The minimum absolute atomic E-state index is 0.158. The summed E-state index contributed by atoms with van der Waals surface area (Å²) < 4.78 is 13.5. The molecule has 0 saturated carbocycles. The molecule has 22 heavy (non-hydrogen) atoms. The Morgan fingerprint density at radius 3 is 2.77 bits per heavy atom. The summed E-state index contributed by atoms with van der Waals surface area (Å²) in [6.45, 7) is 3.41. The van der Waals surface area contributed by atoms with Gasteiger partial charge in [0.2, 0.25) is 0 Å². The van der Waals surface area contributed by atoms with Crippen molar-refractivity contribution in [3.8, 4) is 0 Å². The van der Waals surface area contributed by atoms with Crippen molar-refractivity contribution in [3.63, 3.8) is 0 Å². The first-order chi connectivity index (χ1) is 10.7. The van der Waals surface area contributed by atoms with Crippen LogP contribution in [0.4, 0.5) is 9.52 Å². The van der Waals surface area contributed by atoms with Gasteiger partial charge in [-0.05, 0) is 12.1 Å². The molecule has 3 heterocycles. The number of rotatable bonds is 3. The summed E-state index contributed by atoms with van der Waals surface area (Å²) >= 11 is 1.63. The molecule has 8 heteroatoms. The van der Waals surface area contributed by atoms with E-state index in [4.69, 9.17) is 5.73 Å². The molecule has 1 aliphatic rings. The predicted octanol–water partition coefficient (Wildman–Crippen LogP) is 1.31. The van der Waals surface area contributed by atoms with Crippen LogP contribution in [-0.2, 0) is 6.54 Å². The lowest BCUT2D eigenvalue weighted by atomic mass is 10.3. The number of anilines is 1. The lowest BCUT2D eigenvalue weighted by Gasteiger charge is -2.35. The number of pyridine rings is 1. The Balaban J connectivity index is 1.56. The molecule has 0 aliphatic carbocycles. The van der Waals surface area contributed by atoms with Gasteiger partial charge in [-0.2, -0.15) is 0 Å².